The molecule has 12 heavy (non-hydrogen) atoms. The molecule has 0 spiro atoms. The SMILES string of the molecule is CN(C)CC(=O)NCC(N)C=O. The van der Waals surface area contributed by atoms with Crippen LogP contribution in [0.2, 0.25) is 0 Å². The largest absolute Gasteiger partial charge is 0.353 e. The number of hydrogen-bond donors (Lipinski definition) is 2. The van der Waals surface area contributed by atoms with Gasteiger partial charge in [0.25, 0.3) is 0 Å². The second kappa shape index (κ2) is 5.68. The first-order valence-corrected chi connectivity index (χ1v) is 3.68. The van der Waals surface area contributed by atoms with Gasteiger partial charge in [-0.25, -0.2) is 0 Å². The molecule has 0 heterocycles. The predicted molar refractivity (Wildman–Crippen MR) is 45.6 cm³/mol. The van der Waals surface area contributed by atoms with Crippen molar-refractivity contribution in [1.29, 1.82) is 0 Å². The summed E-state index contributed by atoms with van der Waals surface area (Å²) in [4.78, 5) is 22.7. The molecule has 5 heteroatoms. The number of likely N-dealkylation sites (N-methyl/N-ethyl adjacent to an activating group) is 1. The highest BCUT2D eigenvalue weighted by atomic mass is 16.2. The van der Waals surface area contributed by atoms with Crippen molar-refractivity contribution in [3.05, 3.63) is 0 Å². The van der Waals surface area contributed by atoms with Gasteiger partial charge in [0, 0.05) is 6.54 Å². The van der Waals surface area contributed by atoms with E-state index in [1.54, 1.807) is 19.0 Å². The summed E-state index contributed by atoms with van der Waals surface area (Å²) in [6, 6.07) is -0.601. The molecule has 0 aliphatic heterocycles. The van der Waals surface area contributed by atoms with Crippen LogP contribution >= 0.6 is 0 Å². The molecule has 0 fully saturated rings. The molecule has 3 N–H and O–H groups in total. The van der Waals surface area contributed by atoms with Crippen LogP contribution in [0.4, 0.5) is 0 Å². The summed E-state index contributed by atoms with van der Waals surface area (Å²) in [6.07, 6.45) is 0.607. The number of rotatable bonds is 5. The lowest BCUT2D eigenvalue weighted by atomic mass is 10.3. The minimum atomic E-state index is -0.601. The zero-order valence-electron chi connectivity index (χ0n) is 7.41. The molecule has 0 aliphatic rings. The fourth-order valence-corrected chi connectivity index (χ4v) is 0.623. The predicted octanol–water partition coefficient (Wildman–Crippen LogP) is -1.81. The standard InChI is InChI=1S/C7H15N3O2/c1-10(2)4-7(12)9-3-6(8)5-11/h5-6H,3-4,8H2,1-2H3,(H,9,12). The first kappa shape index (κ1) is 11.1. The number of amides is 1. The van der Waals surface area contributed by atoms with Crippen LogP contribution < -0.4 is 11.1 Å². The summed E-state index contributed by atoms with van der Waals surface area (Å²) in [5.41, 5.74) is 5.26. The lowest BCUT2D eigenvalue weighted by molar-refractivity contribution is -0.121. The minimum Gasteiger partial charge on any atom is -0.353 e. The Morgan fingerprint density at radius 2 is 2.25 bits per heavy atom. The quantitative estimate of drug-likeness (QED) is 0.480. The van der Waals surface area contributed by atoms with Crippen LogP contribution in [-0.2, 0) is 9.59 Å². The van der Waals surface area contributed by atoms with E-state index >= 15 is 0 Å². The topological polar surface area (TPSA) is 75.4 Å². The van der Waals surface area contributed by atoms with Crippen LogP contribution in [0.25, 0.3) is 0 Å². The molecule has 1 unspecified atom stereocenters. The lowest BCUT2D eigenvalue weighted by Crippen LogP contribution is -2.41. The lowest BCUT2D eigenvalue weighted by Gasteiger charge is -2.10. The maximum atomic E-state index is 10.9. The fourth-order valence-electron chi connectivity index (χ4n) is 0.623. The second-order valence-corrected chi connectivity index (χ2v) is 2.84. The summed E-state index contributed by atoms with van der Waals surface area (Å²) >= 11 is 0. The van der Waals surface area contributed by atoms with Gasteiger partial charge in [0.05, 0.1) is 12.6 Å². The van der Waals surface area contributed by atoms with Crippen LogP contribution in [0.15, 0.2) is 0 Å². The van der Waals surface area contributed by atoms with Gasteiger partial charge in [-0.15, -0.1) is 0 Å². The van der Waals surface area contributed by atoms with Gasteiger partial charge in [-0.05, 0) is 14.1 Å². The Labute approximate surface area is 71.9 Å². The van der Waals surface area contributed by atoms with E-state index < -0.39 is 6.04 Å². The Morgan fingerprint density at radius 1 is 1.67 bits per heavy atom. The number of carbonyl (C=O) groups is 2. The highest BCUT2D eigenvalue weighted by Crippen LogP contribution is 1.74. The van der Waals surface area contributed by atoms with Crippen LogP contribution in [0, 0.1) is 0 Å². The average Bonchev–Trinajstić information content (AvgIpc) is 1.99. The minimum absolute atomic E-state index is 0.127. The molecule has 1 atom stereocenters. The van der Waals surface area contributed by atoms with Crippen molar-refractivity contribution in [2.24, 2.45) is 5.73 Å². The van der Waals surface area contributed by atoms with E-state index in [1.807, 2.05) is 0 Å². The summed E-state index contributed by atoms with van der Waals surface area (Å²) in [7, 11) is 3.58. The molecule has 0 rings (SSSR count). The fraction of sp³-hybridized carbons (Fsp3) is 0.714. The van der Waals surface area contributed by atoms with Crippen molar-refractivity contribution in [3.8, 4) is 0 Å². The van der Waals surface area contributed by atoms with Crippen molar-refractivity contribution >= 4 is 12.2 Å². The van der Waals surface area contributed by atoms with Gasteiger partial charge in [0.2, 0.25) is 5.91 Å². The van der Waals surface area contributed by atoms with E-state index in [2.05, 4.69) is 5.32 Å². The van der Waals surface area contributed by atoms with Gasteiger partial charge in [0.1, 0.15) is 6.29 Å². The van der Waals surface area contributed by atoms with E-state index in [9.17, 15) is 9.59 Å². The summed E-state index contributed by atoms with van der Waals surface area (Å²) in [6.45, 7) is 0.516. The average molecular weight is 173 g/mol. The van der Waals surface area contributed by atoms with E-state index in [-0.39, 0.29) is 12.5 Å². The molecule has 0 aliphatic carbocycles. The van der Waals surface area contributed by atoms with Crippen molar-refractivity contribution in [2.45, 2.75) is 6.04 Å². The Balaban J connectivity index is 3.50. The van der Waals surface area contributed by atoms with E-state index in [4.69, 9.17) is 5.73 Å². The van der Waals surface area contributed by atoms with E-state index in [0.29, 0.717) is 12.8 Å². The molecular formula is C7H15N3O2. The first-order chi connectivity index (χ1) is 5.56. The summed E-state index contributed by atoms with van der Waals surface area (Å²) in [5.74, 6) is -0.127. The smallest absolute Gasteiger partial charge is 0.234 e. The van der Waals surface area contributed by atoms with Crippen molar-refractivity contribution in [3.63, 3.8) is 0 Å². The molecule has 70 valence electrons. The zero-order chi connectivity index (χ0) is 9.56. The second-order valence-electron chi connectivity index (χ2n) is 2.84. The Morgan fingerprint density at radius 3 is 2.67 bits per heavy atom. The highest BCUT2D eigenvalue weighted by Gasteiger charge is 2.04. The van der Waals surface area contributed by atoms with Crippen LogP contribution in [-0.4, -0.2) is 50.3 Å². The molecule has 0 saturated heterocycles. The number of hydrogen-bond acceptors (Lipinski definition) is 4. The molecule has 0 radical (unpaired) electrons. The molecule has 0 aromatic carbocycles. The van der Waals surface area contributed by atoms with Crippen LogP contribution in [0.5, 0.6) is 0 Å². The monoisotopic (exact) mass is 173 g/mol. The number of nitrogens with two attached hydrogens (primary N) is 1. The Kier molecular flexibility index (Phi) is 5.23. The summed E-state index contributed by atoms with van der Waals surface area (Å²) in [5, 5.41) is 2.53. The van der Waals surface area contributed by atoms with Gasteiger partial charge in [-0.1, -0.05) is 0 Å². The summed E-state index contributed by atoms with van der Waals surface area (Å²) < 4.78 is 0. The third-order valence-electron chi connectivity index (χ3n) is 1.17. The van der Waals surface area contributed by atoms with Crippen LogP contribution in [0.1, 0.15) is 0 Å². The van der Waals surface area contributed by atoms with E-state index in [1.165, 1.54) is 0 Å². The normalized spacial score (nSPS) is 12.7. The third kappa shape index (κ3) is 5.82. The van der Waals surface area contributed by atoms with E-state index in [0.717, 1.165) is 0 Å². The highest BCUT2D eigenvalue weighted by molar-refractivity contribution is 5.78. The molecule has 0 aromatic rings. The van der Waals surface area contributed by atoms with Gasteiger partial charge < -0.3 is 20.7 Å². The van der Waals surface area contributed by atoms with Crippen LogP contribution in [0.3, 0.4) is 0 Å². The third-order valence-corrected chi connectivity index (χ3v) is 1.17. The van der Waals surface area contributed by atoms with Crippen molar-refractivity contribution in [2.75, 3.05) is 27.2 Å². The van der Waals surface area contributed by atoms with Gasteiger partial charge in [-0.3, -0.25) is 4.79 Å². The number of nitrogens with zero attached hydrogens (tertiary/aromatic N) is 1. The number of nitrogens with one attached hydrogen (secondary N) is 1. The molecule has 0 aromatic heterocycles. The number of aldehydes is 1. The molecule has 1 amide bonds. The molecule has 0 bridgehead atoms. The molecule has 5 nitrogen and oxygen atoms in total. The zero-order valence-corrected chi connectivity index (χ0v) is 7.41. The van der Waals surface area contributed by atoms with Gasteiger partial charge >= 0.3 is 0 Å². The number of carbonyl (C=O) groups excluding carboxylic acids is 2. The van der Waals surface area contributed by atoms with Gasteiger partial charge in [0.15, 0.2) is 0 Å². The molecular weight excluding hydrogens is 158 g/mol. The maximum absolute atomic E-state index is 10.9. The first-order valence-electron chi connectivity index (χ1n) is 3.68. The molecule has 0 saturated carbocycles. The van der Waals surface area contributed by atoms with Crippen molar-refractivity contribution in [1.82, 2.24) is 10.2 Å². The Hall–Kier alpha value is -0.940. The van der Waals surface area contributed by atoms with Gasteiger partial charge in [-0.2, -0.15) is 0 Å². The van der Waals surface area contributed by atoms with Crippen molar-refractivity contribution < 1.29 is 9.59 Å². The maximum Gasteiger partial charge on any atom is 0.234 e. The Bertz CT molecular complexity index is 159.